The fraction of sp³-hybridized carbons (Fsp3) is 0.120. The number of nitrogens with zero attached hydrogens (tertiary/aromatic N) is 2. The Bertz CT molecular complexity index is 2730. The first kappa shape index (κ1) is 30.7. The van der Waals surface area contributed by atoms with Gasteiger partial charge in [-0.25, -0.2) is 9.97 Å². The lowest BCUT2D eigenvalue weighted by Crippen LogP contribution is -2.16. The van der Waals surface area contributed by atoms with Crippen molar-refractivity contribution in [1.82, 2.24) is 9.97 Å². The van der Waals surface area contributed by atoms with E-state index in [4.69, 9.17) is 9.97 Å². The van der Waals surface area contributed by atoms with Crippen molar-refractivity contribution in [2.45, 2.75) is 38.5 Å². The van der Waals surface area contributed by atoms with Crippen LogP contribution < -0.4 is 0 Å². The summed E-state index contributed by atoms with van der Waals surface area (Å²) in [5, 5.41) is 2.39. The third kappa shape index (κ3) is 4.43. The fourth-order valence-electron chi connectivity index (χ4n) is 9.16. The minimum Gasteiger partial charge on any atom is -0.228 e. The number of hydrogen-bond donors (Lipinski definition) is 0. The standard InChI is InChI=1S/C50H38N2/c1-49(2)42-23-12-11-20-37(42)41-29-32(25-28-44(41)49)33-26-27-38(35-18-9-8-17-34(33)35)45-30-46(52-48(51-45)31-15-6-5-7-16-31)40-22-14-21-39-36-19-10-13-24-43(36)50(3,4)47(39)40/h5-30H,1-4H3. The van der Waals surface area contributed by atoms with Crippen LogP contribution in [0, 0.1) is 0 Å². The lowest BCUT2D eigenvalue weighted by atomic mass is 9.79. The molecule has 0 saturated carbocycles. The van der Waals surface area contributed by atoms with E-state index < -0.39 is 0 Å². The molecule has 2 aliphatic rings. The van der Waals surface area contributed by atoms with Crippen molar-refractivity contribution in [1.29, 1.82) is 0 Å². The van der Waals surface area contributed by atoms with Crippen molar-refractivity contribution in [2.24, 2.45) is 0 Å². The third-order valence-electron chi connectivity index (χ3n) is 11.7. The third-order valence-corrected chi connectivity index (χ3v) is 11.7. The summed E-state index contributed by atoms with van der Waals surface area (Å²) < 4.78 is 0. The molecule has 0 saturated heterocycles. The fourth-order valence-corrected chi connectivity index (χ4v) is 9.16. The zero-order valence-corrected chi connectivity index (χ0v) is 29.9. The molecule has 2 heteroatoms. The maximum atomic E-state index is 5.30. The van der Waals surface area contributed by atoms with E-state index in [2.05, 4.69) is 179 Å². The van der Waals surface area contributed by atoms with Gasteiger partial charge >= 0.3 is 0 Å². The van der Waals surface area contributed by atoms with Crippen molar-refractivity contribution in [3.63, 3.8) is 0 Å². The molecule has 0 radical (unpaired) electrons. The van der Waals surface area contributed by atoms with Crippen molar-refractivity contribution >= 4 is 10.8 Å². The van der Waals surface area contributed by atoms with E-state index in [0.29, 0.717) is 0 Å². The molecule has 0 aliphatic heterocycles. The van der Waals surface area contributed by atoms with E-state index in [9.17, 15) is 0 Å². The van der Waals surface area contributed by atoms with Gasteiger partial charge in [0.1, 0.15) is 0 Å². The van der Waals surface area contributed by atoms with Gasteiger partial charge in [0.05, 0.1) is 11.4 Å². The highest BCUT2D eigenvalue weighted by Crippen LogP contribution is 2.53. The molecule has 2 aliphatic carbocycles. The molecule has 0 amide bonds. The Balaban J connectivity index is 1.17. The van der Waals surface area contributed by atoms with Gasteiger partial charge in [0.25, 0.3) is 0 Å². The minimum absolute atomic E-state index is 0.0194. The van der Waals surface area contributed by atoms with E-state index in [-0.39, 0.29) is 10.8 Å². The van der Waals surface area contributed by atoms with Crippen LogP contribution in [0.2, 0.25) is 0 Å². The van der Waals surface area contributed by atoms with Gasteiger partial charge in [-0.1, -0.05) is 173 Å². The highest BCUT2D eigenvalue weighted by atomic mass is 14.9. The number of rotatable bonds is 4. The molecule has 1 heterocycles. The Labute approximate surface area is 305 Å². The summed E-state index contributed by atoms with van der Waals surface area (Å²) in [7, 11) is 0. The smallest absolute Gasteiger partial charge is 0.160 e. The van der Waals surface area contributed by atoms with Gasteiger partial charge in [-0.05, 0) is 78.5 Å². The quantitative estimate of drug-likeness (QED) is 0.187. The van der Waals surface area contributed by atoms with Crippen molar-refractivity contribution < 1.29 is 0 Å². The summed E-state index contributed by atoms with van der Waals surface area (Å²) in [5.41, 5.74) is 18.1. The first-order valence-corrected chi connectivity index (χ1v) is 18.3. The largest absolute Gasteiger partial charge is 0.228 e. The molecule has 0 N–H and O–H groups in total. The van der Waals surface area contributed by atoms with Gasteiger partial charge in [-0.2, -0.15) is 0 Å². The number of hydrogen-bond acceptors (Lipinski definition) is 2. The zero-order valence-electron chi connectivity index (χ0n) is 29.9. The lowest BCUT2D eigenvalue weighted by molar-refractivity contribution is 0.660. The van der Waals surface area contributed by atoms with Crippen LogP contribution in [0.3, 0.4) is 0 Å². The van der Waals surface area contributed by atoms with Crippen LogP contribution in [-0.2, 0) is 10.8 Å². The monoisotopic (exact) mass is 666 g/mol. The summed E-state index contributed by atoms with van der Waals surface area (Å²) in [6.07, 6.45) is 0. The molecule has 7 aromatic carbocycles. The molecule has 52 heavy (non-hydrogen) atoms. The second-order valence-corrected chi connectivity index (χ2v) is 15.4. The van der Waals surface area contributed by atoms with E-state index in [1.807, 2.05) is 6.07 Å². The van der Waals surface area contributed by atoms with Gasteiger partial charge in [0.2, 0.25) is 0 Å². The van der Waals surface area contributed by atoms with Crippen LogP contribution in [0.25, 0.3) is 78.1 Å². The second-order valence-electron chi connectivity index (χ2n) is 15.4. The number of fused-ring (bicyclic) bond motifs is 7. The topological polar surface area (TPSA) is 25.8 Å². The van der Waals surface area contributed by atoms with E-state index in [1.165, 1.54) is 66.4 Å². The van der Waals surface area contributed by atoms with Crippen molar-refractivity contribution in [3.05, 3.63) is 180 Å². The van der Waals surface area contributed by atoms with Crippen LogP contribution in [-0.4, -0.2) is 9.97 Å². The van der Waals surface area contributed by atoms with Crippen LogP contribution in [0.1, 0.15) is 49.9 Å². The normalized spacial score (nSPS) is 14.5. The molecule has 0 spiro atoms. The molecule has 8 aromatic rings. The molecular weight excluding hydrogens is 629 g/mol. The van der Waals surface area contributed by atoms with Crippen LogP contribution >= 0.6 is 0 Å². The average molecular weight is 667 g/mol. The summed E-state index contributed by atoms with van der Waals surface area (Å²) in [6, 6.07) is 57.3. The first-order chi connectivity index (χ1) is 25.3. The molecule has 0 bridgehead atoms. The molecule has 0 fully saturated rings. The van der Waals surface area contributed by atoms with Crippen LogP contribution in [0.4, 0.5) is 0 Å². The van der Waals surface area contributed by atoms with E-state index >= 15 is 0 Å². The maximum Gasteiger partial charge on any atom is 0.160 e. The molecule has 2 nitrogen and oxygen atoms in total. The Morgan fingerprint density at radius 2 is 0.885 bits per heavy atom. The van der Waals surface area contributed by atoms with Crippen molar-refractivity contribution in [2.75, 3.05) is 0 Å². The highest BCUT2D eigenvalue weighted by molar-refractivity contribution is 6.05. The van der Waals surface area contributed by atoms with Gasteiger partial charge in [-0.15, -0.1) is 0 Å². The predicted molar refractivity (Wildman–Crippen MR) is 216 cm³/mol. The average Bonchev–Trinajstić information content (AvgIpc) is 3.57. The van der Waals surface area contributed by atoms with Gasteiger partial charge < -0.3 is 0 Å². The molecular formula is C50H38N2. The second kappa shape index (κ2) is 11.2. The Kier molecular flexibility index (Phi) is 6.60. The molecule has 10 rings (SSSR count). The molecule has 0 unspecified atom stereocenters. The van der Waals surface area contributed by atoms with Gasteiger partial charge in [0.15, 0.2) is 5.82 Å². The SMILES string of the molecule is CC1(C)c2ccccc2-c2cc(-c3ccc(-c4cc(-c5cccc6c5C(C)(C)c5ccccc5-6)nc(-c5ccccc5)n4)c4ccccc34)ccc21. The van der Waals surface area contributed by atoms with Crippen molar-refractivity contribution in [3.8, 4) is 67.3 Å². The van der Waals surface area contributed by atoms with Gasteiger partial charge in [0, 0.05) is 27.5 Å². The summed E-state index contributed by atoms with van der Waals surface area (Å²) >= 11 is 0. The Hall–Kier alpha value is -6.12. The summed E-state index contributed by atoms with van der Waals surface area (Å²) in [6.45, 7) is 9.35. The predicted octanol–water partition coefficient (Wildman–Crippen LogP) is 12.9. The minimum atomic E-state index is -0.166. The van der Waals surface area contributed by atoms with E-state index in [1.54, 1.807) is 0 Å². The van der Waals surface area contributed by atoms with Crippen LogP contribution in [0.5, 0.6) is 0 Å². The number of benzene rings is 7. The Morgan fingerprint density at radius 1 is 0.346 bits per heavy atom. The maximum absolute atomic E-state index is 5.30. The van der Waals surface area contributed by atoms with Crippen LogP contribution in [0.15, 0.2) is 158 Å². The number of aromatic nitrogens is 2. The van der Waals surface area contributed by atoms with Gasteiger partial charge in [-0.3, -0.25) is 0 Å². The molecule has 1 aromatic heterocycles. The zero-order chi connectivity index (χ0) is 35.2. The molecule has 0 atom stereocenters. The molecule has 248 valence electrons. The Morgan fingerprint density at radius 3 is 1.63 bits per heavy atom. The van der Waals surface area contributed by atoms with E-state index in [0.717, 1.165) is 33.9 Å². The highest BCUT2D eigenvalue weighted by Gasteiger charge is 2.38. The first-order valence-electron chi connectivity index (χ1n) is 18.3. The summed E-state index contributed by atoms with van der Waals surface area (Å²) in [5.74, 6) is 0.729. The lowest BCUT2D eigenvalue weighted by Gasteiger charge is -2.24. The summed E-state index contributed by atoms with van der Waals surface area (Å²) in [4.78, 5) is 10.6.